The predicted octanol–water partition coefficient (Wildman–Crippen LogP) is 2.81. The van der Waals surface area contributed by atoms with E-state index in [9.17, 15) is 13.6 Å². The lowest BCUT2D eigenvalue weighted by Gasteiger charge is -2.10. The molecule has 3 aromatic heterocycles. The van der Waals surface area contributed by atoms with Crippen molar-refractivity contribution in [2.45, 2.75) is 6.92 Å². The summed E-state index contributed by atoms with van der Waals surface area (Å²) < 4.78 is 39.5. The van der Waals surface area contributed by atoms with Gasteiger partial charge in [0, 0.05) is 19.3 Å². The summed E-state index contributed by atoms with van der Waals surface area (Å²) in [6.07, 6.45) is 3.14. The first-order valence-corrected chi connectivity index (χ1v) is 8.26. The molecule has 0 fully saturated rings. The van der Waals surface area contributed by atoms with Crippen LogP contribution in [0.2, 0.25) is 0 Å². The first-order chi connectivity index (χ1) is 13.4. The van der Waals surface area contributed by atoms with Gasteiger partial charge in [0.1, 0.15) is 11.4 Å². The summed E-state index contributed by atoms with van der Waals surface area (Å²) in [4.78, 5) is 20.0. The van der Waals surface area contributed by atoms with Gasteiger partial charge in [0.2, 0.25) is 5.88 Å². The highest BCUT2D eigenvalue weighted by Crippen LogP contribution is 2.32. The molecule has 8 nitrogen and oxygen atoms in total. The Bertz CT molecular complexity index is 1000. The number of rotatable bonds is 6. The number of carbonyl (C=O) groups is 1. The summed E-state index contributed by atoms with van der Waals surface area (Å²) in [6, 6.07) is 3.08. The van der Waals surface area contributed by atoms with E-state index in [2.05, 4.69) is 20.4 Å². The lowest BCUT2D eigenvalue weighted by Crippen LogP contribution is -2.15. The highest BCUT2D eigenvalue weighted by Gasteiger charge is 2.20. The second-order valence-electron chi connectivity index (χ2n) is 5.63. The number of carbonyl (C=O) groups excluding carboxylic acids is 1. The SMILES string of the molecule is CCOc1cc(OC)c(-c2cc(C(=O)Nc3c(F)cncc3F)nn2C)cn1. The van der Waals surface area contributed by atoms with Crippen LogP contribution >= 0.6 is 0 Å². The lowest BCUT2D eigenvalue weighted by molar-refractivity contribution is 0.102. The first-order valence-electron chi connectivity index (χ1n) is 8.26. The number of halogens is 2. The number of methoxy groups -OCH3 is 1. The van der Waals surface area contributed by atoms with Gasteiger partial charge in [0.25, 0.3) is 5.91 Å². The van der Waals surface area contributed by atoms with E-state index in [1.54, 1.807) is 13.1 Å². The summed E-state index contributed by atoms with van der Waals surface area (Å²) >= 11 is 0. The van der Waals surface area contributed by atoms with E-state index in [0.29, 0.717) is 29.5 Å². The molecule has 3 heterocycles. The molecule has 1 amide bonds. The summed E-state index contributed by atoms with van der Waals surface area (Å²) in [5.41, 5.74) is 0.464. The Balaban J connectivity index is 1.92. The number of hydrogen-bond donors (Lipinski definition) is 1. The van der Waals surface area contributed by atoms with Crippen molar-refractivity contribution in [3.05, 3.63) is 48.1 Å². The fourth-order valence-corrected chi connectivity index (χ4v) is 2.55. The largest absolute Gasteiger partial charge is 0.496 e. The van der Waals surface area contributed by atoms with E-state index in [-0.39, 0.29) is 5.69 Å². The number of hydrogen-bond acceptors (Lipinski definition) is 6. The van der Waals surface area contributed by atoms with Crippen LogP contribution in [0.5, 0.6) is 11.6 Å². The molecule has 0 radical (unpaired) electrons. The van der Waals surface area contributed by atoms with Crippen LogP contribution in [-0.4, -0.2) is 39.4 Å². The molecule has 0 bridgehead atoms. The number of aryl methyl sites for hydroxylation is 1. The normalized spacial score (nSPS) is 10.6. The zero-order valence-electron chi connectivity index (χ0n) is 15.4. The van der Waals surface area contributed by atoms with Crippen molar-refractivity contribution >= 4 is 11.6 Å². The van der Waals surface area contributed by atoms with Crippen LogP contribution in [0.25, 0.3) is 11.3 Å². The number of ether oxygens (including phenoxy) is 2. The van der Waals surface area contributed by atoms with Crippen LogP contribution in [0, 0.1) is 11.6 Å². The fraction of sp³-hybridized carbons (Fsp3) is 0.222. The maximum absolute atomic E-state index is 13.7. The van der Waals surface area contributed by atoms with Crippen molar-refractivity contribution < 1.29 is 23.0 Å². The Labute approximate surface area is 159 Å². The molecule has 0 aliphatic rings. The quantitative estimate of drug-likeness (QED) is 0.697. The molecule has 0 aromatic carbocycles. The van der Waals surface area contributed by atoms with Gasteiger partial charge in [-0.05, 0) is 13.0 Å². The third-order valence-corrected chi connectivity index (χ3v) is 3.83. The molecule has 0 atom stereocenters. The minimum atomic E-state index is -0.984. The molecule has 0 saturated carbocycles. The van der Waals surface area contributed by atoms with E-state index in [1.165, 1.54) is 24.1 Å². The van der Waals surface area contributed by atoms with Gasteiger partial charge >= 0.3 is 0 Å². The van der Waals surface area contributed by atoms with Crippen molar-refractivity contribution in [1.29, 1.82) is 0 Å². The van der Waals surface area contributed by atoms with E-state index in [0.717, 1.165) is 12.4 Å². The predicted molar refractivity (Wildman–Crippen MR) is 96.3 cm³/mol. The zero-order chi connectivity index (χ0) is 20.3. The summed E-state index contributed by atoms with van der Waals surface area (Å²) in [5.74, 6) is -1.88. The molecule has 3 aromatic rings. The van der Waals surface area contributed by atoms with Gasteiger partial charge in [-0.2, -0.15) is 5.10 Å². The molecule has 146 valence electrons. The summed E-state index contributed by atoms with van der Waals surface area (Å²) in [6.45, 7) is 2.29. The topological polar surface area (TPSA) is 91.2 Å². The second kappa shape index (κ2) is 7.99. The van der Waals surface area contributed by atoms with Crippen molar-refractivity contribution in [2.24, 2.45) is 7.05 Å². The van der Waals surface area contributed by atoms with Gasteiger partial charge in [-0.15, -0.1) is 0 Å². The molecular weight excluding hydrogens is 372 g/mol. The molecule has 0 saturated heterocycles. The monoisotopic (exact) mass is 389 g/mol. The smallest absolute Gasteiger partial charge is 0.276 e. The number of amides is 1. The molecule has 3 rings (SSSR count). The van der Waals surface area contributed by atoms with Crippen LogP contribution in [-0.2, 0) is 7.05 Å². The molecule has 0 aliphatic heterocycles. The van der Waals surface area contributed by atoms with E-state index >= 15 is 0 Å². The third-order valence-electron chi connectivity index (χ3n) is 3.83. The molecule has 0 unspecified atom stereocenters. The molecule has 1 N–H and O–H groups in total. The van der Waals surface area contributed by atoms with Crippen LogP contribution in [0.3, 0.4) is 0 Å². The fourth-order valence-electron chi connectivity index (χ4n) is 2.55. The Kier molecular flexibility index (Phi) is 5.48. The number of nitrogens with zero attached hydrogens (tertiary/aromatic N) is 4. The van der Waals surface area contributed by atoms with Crippen LogP contribution in [0.15, 0.2) is 30.7 Å². The Morgan fingerprint density at radius 3 is 2.57 bits per heavy atom. The summed E-state index contributed by atoms with van der Waals surface area (Å²) in [5, 5.41) is 6.28. The van der Waals surface area contributed by atoms with Gasteiger partial charge in [0.15, 0.2) is 17.3 Å². The minimum Gasteiger partial charge on any atom is -0.496 e. The summed E-state index contributed by atoms with van der Waals surface area (Å²) in [7, 11) is 3.11. The number of aromatic nitrogens is 4. The van der Waals surface area contributed by atoms with Gasteiger partial charge in [-0.1, -0.05) is 0 Å². The zero-order valence-corrected chi connectivity index (χ0v) is 15.4. The Morgan fingerprint density at radius 1 is 1.21 bits per heavy atom. The van der Waals surface area contributed by atoms with Crippen LogP contribution < -0.4 is 14.8 Å². The maximum atomic E-state index is 13.7. The average molecular weight is 389 g/mol. The van der Waals surface area contributed by atoms with Crippen molar-refractivity contribution in [2.75, 3.05) is 19.0 Å². The molecule has 0 spiro atoms. The Hall–Kier alpha value is -3.56. The van der Waals surface area contributed by atoms with Gasteiger partial charge in [-0.25, -0.2) is 13.8 Å². The molecule has 0 aliphatic carbocycles. The maximum Gasteiger partial charge on any atom is 0.276 e. The number of pyridine rings is 2. The number of nitrogens with one attached hydrogen (secondary N) is 1. The Morgan fingerprint density at radius 2 is 1.93 bits per heavy atom. The van der Waals surface area contributed by atoms with E-state index in [1.807, 2.05) is 6.92 Å². The highest BCUT2D eigenvalue weighted by molar-refractivity contribution is 6.03. The van der Waals surface area contributed by atoms with Crippen LogP contribution in [0.1, 0.15) is 17.4 Å². The standard InChI is InChI=1S/C18H17F2N5O3/c1-4-28-16-6-15(27-3)10(7-22-16)14-5-13(24-25(14)2)18(26)23-17-11(19)8-21-9-12(17)20/h5-9H,4H2,1-3H3,(H,21,23,26). The molecular formula is C18H17F2N5O3. The average Bonchev–Trinajstić information content (AvgIpc) is 3.06. The highest BCUT2D eigenvalue weighted by atomic mass is 19.1. The van der Waals surface area contributed by atoms with E-state index < -0.39 is 23.2 Å². The molecule has 10 heteroatoms. The van der Waals surface area contributed by atoms with Gasteiger partial charge in [0.05, 0.1) is 37.4 Å². The number of anilines is 1. The van der Waals surface area contributed by atoms with Crippen molar-refractivity contribution in [3.63, 3.8) is 0 Å². The van der Waals surface area contributed by atoms with Gasteiger partial charge < -0.3 is 14.8 Å². The van der Waals surface area contributed by atoms with Gasteiger partial charge in [-0.3, -0.25) is 14.5 Å². The minimum absolute atomic E-state index is 0.0379. The van der Waals surface area contributed by atoms with E-state index in [4.69, 9.17) is 9.47 Å². The second-order valence-corrected chi connectivity index (χ2v) is 5.63. The van der Waals surface area contributed by atoms with Crippen molar-refractivity contribution in [1.82, 2.24) is 19.7 Å². The molecule has 28 heavy (non-hydrogen) atoms. The third kappa shape index (κ3) is 3.75. The van der Waals surface area contributed by atoms with Crippen LogP contribution in [0.4, 0.5) is 14.5 Å². The van der Waals surface area contributed by atoms with Crippen molar-refractivity contribution in [3.8, 4) is 22.9 Å². The first kappa shape index (κ1) is 19.2. The lowest BCUT2D eigenvalue weighted by atomic mass is 10.1.